The van der Waals surface area contributed by atoms with E-state index in [1.807, 2.05) is 18.2 Å². The SMILES string of the molecule is [CH2]c1nc2cc(-c3ccccc3)ccc2s1. The van der Waals surface area contributed by atoms with Gasteiger partial charge in [-0.05, 0) is 23.3 Å². The molecule has 0 saturated carbocycles. The van der Waals surface area contributed by atoms with Gasteiger partial charge in [0.15, 0.2) is 0 Å². The van der Waals surface area contributed by atoms with Crippen LogP contribution in [0.3, 0.4) is 0 Å². The third kappa shape index (κ3) is 1.61. The molecule has 1 heterocycles. The smallest absolute Gasteiger partial charge is 0.0942 e. The van der Waals surface area contributed by atoms with E-state index in [9.17, 15) is 0 Å². The zero-order valence-corrected chi connectivity index (χ0v) is 9.50. The van der Waals surface area contributed by atoms with E-state index in [0.29, 0.717) is 0 Å². The van der Waals surface area contributed by atoms with Gasteiger partial charge in [-0.25, -0.2) is 4.98 Å². The number of hydrogen-bond donors (Lipinski definition) is 0. The second-order valence-corrected chi connectivity index (χ2v) is 4.77. The van der Waals surface area contributed by atoms with Crippen LogP contribution in [-0.4, -0.2) is 4.98 Å². The fourth-order valence-corrected chi connectivity index (χ4v) is 2.53. The van der Waals surface area contributed by atoms with Crippen LogP contribution in [0.2, 0.25) is 0 Å². The van der Waals surface area contributed by atoms with Gasteiger partial charge in [-0.1, -0.05) is 36.4 Å². The Labute approximate surface area is 98.4 Å². The molecule has 2 heteroatoms. The molecule has 77 valence electrons. The first-order valence-corrected chi connectivity index (χ1v) is 5.92. The van der Waals surface area contributed by atoms with Gasteiger partial charge in [0.2, 0.25) is 0 Å². The van der Waals surface area contributed by atoms with Crippen molar-refractivity contribution in [2.45, 2.75) is 0 Å². The molecule has 0 unspecified atom stereocenters. The minimum Gasteiger partial charge on any atom is -0.241 e. The van der Waals surface area contributed by atoms with E-state index in [1.54, 1.807) is 11.3 Å². The molecule has 1 nitrogen and oxygen atoms in total. The van der Waals surface area contributed by atoms with Crippen LogP contribution in [0, 0.1) is 6.92 Å². The molecule has 0 saturated heterocycles. The summed E-state index contributed by atoms with van der Waals surface area (Å²) < 4.78 is 1.20. The molecule has 0 N–H and O–H groups in total. The second-order valence-electron chi connectivity index (χ2n) is 3.66. The Morgan fingerprint density at radius 1 is 0.938 bits per heavy atom. The summed E-state index contributed by atoms with van der Waals surface area (Å²) in [4.78, 5) is 4.41. The van der Waals surface area contributed by atoms with E-state index < -0.39 is 0 Å². The molecule has 0 aliphatic heterocycles. The van der Waals surface area contributed by atoms with Crippen molar-refractivity contribution in [3.63, 3.8) is 0 Å². The van der Waals surface area contributed by atoms with Gasteiger partial charge in [-0.2, -0.15) is 0 Å². The van der Waals surface area contributed by atoms with Gasteiger partial charge in [0.05, 0.1) is 15.2 Å². The predicted molar refractivity (Wildman–Crippen MR) is 69.5 cm³/mol. The van der Waals surface area contributed by atoms with Gasteiger partial charge < -0.3 is 0 Å². The van der Waals surface area contributed by atoms with Crippen molar-refractivity contribution in [3.8, 4) is 11.1 Å². The second kappa shape index (κ2) is 3.72. The molecule has 3 rings (SSSR count). The lowest BCUT2D eigenvalue weighted by Gasteiger charge is -2.00. The molecular weight excluding hydrogens is 214 g/mol. The number of aromatic nitrogens is 1. The van der Waals surface area contributed by atoms with Crippen LogP contribution >= 0.6 is 11.3 Å². The largest absolute Gasteiger partial charge is 0.241 e. The number of nitrogens with zero attached hydrogens (tertiary/aromatic N) is 1. The maximum atomic E-state index is 4.41. The molecule has 0 aliphatic carbocycles. The Balaban J connectivity index is 2.18. The number of rotatable bonds is 1. The van der Waals surface area contributed by atoms with Gasteiger partial charge in [-0.3, -0.25) is 0 Å². The Hall–Kier alpha value is -1.67. The minimum absolute atomic E-state index is 0.875. The first kappa shape index (κ1) is 9.55. The molecule has 0 fully saturated rings. The van der Waals surface area contributed by atoms with Gasteiger partial charge in [0.25, 0.3) is 0 Å². The number of hydrogen-bond acceptors (Lipinski definition) is 2. The third-order valence-electron chi connectivity index (χ3n) is 2.54. The standard InChI is InChI=1S/C14H10NS/c1-10-15-13-9-12(7-8-14(13)16-10)11-5-3-2-4-6-11/h2-9H,1H2. The van der Waals surface area contributed by atoms with Crippen LogP contribution in [0.1, 0.15) is 5.01 Å². The first-order chi connectivity index (χ1) is 7.83. The summed E-state index contributed by atoms with van der Waals surface area (Å²) in [6.45, 7) is 3.87. The van der Waals surface area contributed by atoms with Gasteiger partial charge in [0.1, 0.15) is 0 Å². The lowest BCUT2D eigenvalue weighted by Crippen LogP contribution is -1.76. The summed E-state index contributed by atoms with van der Waals surface area (Å²) in [5.74, 6) is 0. The highest BCUT2D eigenvalue weighted by molar-refractivity contribution is 7.18. The molecule has 0 spiro atoms. The van der Waals surface area contributed by atoms with Crippen molar-refractivity contribution in [2.24, 2.45) is 0 Å². The molecule has 0 bridgehead atoms. The van der Waals surface area contributed by atoms with Crippen LogP contribution in [0.25, 0.3) is 21.3 Å². The van der Waals surface area contributed by atoms with Gasteiger partial charge in [-0.15, -0.1) is 11.3 Å². The van der Waals surface area contributed by atoms with Crippen LogP contribution in [0.5, 0.6) is 0 Å². The Bertz CT molecular complexity index is 626. The highest BCUT2D eigenvalue weighted by atomic mass is 32.1. The van der Waals surface area contributed by atoms with Gasteiger partial charge >= 0.3 is 0 Å². The molecule has 1 aromatic heterocycles. The quantitative estimate of drug-likeness (QED) is 0.605. The van der Waals surface area contributed by atoms with Crippen molar-refractivity contribution in [3.05, 3.63) is 60.5 Å². The zero-order valence-electron chi connectivity index (χ0n) is 8.68. The first-order valence-electron chi connectivity index (χ1n) is 5.11. The maximum absolute atomic E-state index is 4.41. The van der Waals surface area contributed by atoms with E-state index in [4.69, 9.17) is 0 Å². The Morgan fingerprint density at radius 2 is 1.75 bits per heavy atom. The van der Waals surface area contributed by atoms with Crippen molar-refractivity contribution in [1.82, 2.24) is 4.98 Å². The molecule has 1 radical (unpaired) electrons. The molecule has 3 aromatic rings. The van der Waals surface area contributed by atoms with Crippen molar-refractivity contribution in [1.29, 1.82) is 0 Å². The summed E-state index contributed by atoms with van der Waals surface area (Å²) in [7, 11) is 0. The van der Waals surface area contributed by atoms with Crippen LogP contribution < -0.4 is 0 Å². The van der Waals surface area contributed by atoms with E-state index in [0.717, 1.165) is 10.5 Å². The Kier molecular flexibility index (Phi) is 2.22. The van der Waals surface area contributed by atoms with E-state index in [2.05, 4.69) is 42.2 Å². The summed E-state index contributed by atoms with van der Waals surface area (Å²) in [5.41, 5.74) is 3.47. The van der Waals surface area contributed by atoms with Crippen molar-refractivity contribution in [2.75, 3.05) is 0 Å². The number of fused-ring (bicyclic) bond motifs is 1. The van der Waals surface area contributed by atoms with Gasteiger partial charge in [0, 0.05) is 6.92 Å². The van der Waals surface area contributed by atoms with E-state index >= 15 is 0 Å². The molecule has 0 aliphatic rings. The van der Waals surface area contributed by atoms with Crippen LogP contribution in [0.4, 0.5) is 0 Å². The molecule has 0 atom stereocenters. The topological polar surface area (TPSA) is 12.9 Å². The van der Waals surface area contributed by atoms with Crippen molar-refractivity contribution < 1.29 is 0 Å². The average molecular weight is 224 g/mol. The predicted octanol–water partition coefficient (Wildman–Crippen LogP) is 4.15. The lowest BCUT2D eigenvalue weighted by atomic mass is 10.1. The fraction of sp³-hybridized carbons (Fsp3) is 0. The van der Waals surface area contributed by atoms with E-state index in [1.165, 1.54) is 15.8 Å². The molecule has 0 amide bonds. The lowest BCUT2D eigenvalue weighted by molar-refractivity contribution is 1.43. The maximum Gasteiger partial charge on any atom is 0.0942 e. The summed E-state index contributed by atoms with van der Waals surface area (Å²) >= 11 is 1.63. The summed E-state index contributed by atoms with van der Waals surface area (Å²) in [5, 5.41) is 0.875. The molecular formula is C14H10NS. The van der Waals surface area contributed by atoms with Crippen LogP contribution in [0.15, 0.2) is 48.5 Å². The highest BCUT2D eigenvalue weighted by Gasteiger charge is 2.02. The number of benzene rings is 2. The third-order valence-corrected chi connectivity index (χ3v) is 3.43. The molecule has 2 aromatic carbocycles. The zero-order chi connectivity index (χ0) is 11.0. The average Bonchev–Trinajstić information content (AvgIpc) is 2.69. The summed E-state index contributed by atoms with van der Waals surface area (Å²) in [6.07, 6.45) is 0. The highest BCUT2D eigenvalue weighted by Crippen LogP contribution is 2.27. The van der Waals surface area contributed by atoms with E-state index in [-0.39, 0.29) is 0 Å². The normalized spacial score (nSPS) is 10.8. The Morgan fingerprint density at radius 3 is 2.56 bits per heavy atom. The monoisotopic (exact) mass is 224 g/mol. The van der Waals surface area contributed by atoms with Crippen LogP contribution in [-0.2, 0) is 0 Å². The summed E-state index contributed by atoms with van der Waals surface area (Å²) in [6, 6.07) is 16.7. The fourth-order valence-electron chi connectivity index (χ4n) is 1.79. The van der Waals surface area contributed by atoms with Crippen molar-refractivity contribution >= 4 is 21.6 Å². The number of thiazole rings is 1. The molecule has 16 heavy (non-hydrogen) atoms. The minimum atomic E-state index is 0.875.